The summed E-state index contributed by atoms with van der Waals surface area (Å²) in [4.78, 5) is 0. The summed E-state index contributed by atoms with van der Waals surface area (Å²) in [5, 5.41) is 8.66. The number of piperidine rings is 1. The lowest BCUT2D eigenvalue weighted by molar-refractivity contribution is 0.347. The molecule has 0 saturated carbocycles. The molecule has 0 bridgehead atoms. The molecule has 0 aliphatic carbocycles. The number of nitrogens with one attached hydrogen (secondary N) is 1. The van der Waals surface area contributed by atoms with Crippen molar-refractivity contribution in [1.29, 1.82) is 0 Å². The van der Waals surface area contributed by atoms with Gasteiger partial charge in [-0.1, -0.05) is 23.7 Å². The highest BCUT2D eigenvalue weighted by Crippen LogP contribution is 2.23. The van der Waals surface area contributed by atoms with Crippen molar-refractivity contribution in [1.82, 2.24) is 15.1 Å². The van der Waals surface area contributed by atoms with Gasteiger partial charge in [0.2, 0.25) is 0 Å². The van der Waals surface area contributed by atoms with Crippen LogP contribution in [0.3, 0.4) is 0 Å². The Bertz CT molecular complexity index is 512. The molecule has 0 spiro atoms. The van der Waals surface area contributed by atoms with Gasteiger partial charge in [0.25, 0.3) is 0 Å². The van der Waals surface area contributed by atoms with Crippen LogP contribution in [0.2, 0.25) is 5.02 Å². The van der Waals surface area contributed by atoms with E-state index in [-0.39, 0.29) is 0 Å². The van der Waals surface area contributed by atoms with E-state index in [1.807, 2.05) is 30.5 Å². The summed E-state index contributed by atoms with van der Waals surface area (Å²) in [6, 6.07) is 8.37. The first-order valence-electron chi connectivity index (χ1n) is 6.34. The largest absolute Gasteiger partial charge is 0.315 e. The van der Waals surface area contributed by atoms with E-state index in [0.29, 0.717) is 6.04 Å². The molecular weight excluding hydrogens is 246 g/mol. The van der Waals surface area contributed by atoms with Crippen LogP contribution < -0.4 is 5.32 Å². The van der Waals surface area contributed by atoms with Crippen LogP contribution in [0.25, 0.3) is 11.1 Å². The molecule has 1 aliphatic rings. The molecule has 1 aromatic heterocycles. The fourth-order valence-corrected chi connectivity index (χ4v) is 2.51. The standard InChI is InChI=1S/C14H16ClN3/c15-13-5-3-11(4-6-13)12-8-17-18(10-12)14-2-1-7-16-9-14/h3-6,8,10,14,16H,1-2,7,9H2. The Labute approximate surface area is 112 Å². The molecule has 4 heteroatoms. The first-order valence-corrected chi connectivity index (χ1v) is 6.71. The minimum absolute atomic E-state index is 0.486. The molecule has 18 heavy (non-hydrogen) atoms. The maximum absolute atomic E-state index is 5.90. The van der Waals surface area contributed by atoms with Crippen LogP contribution in [0.15, 0.2) is 36.7 Å². The Hall–Kier alpha value is -1.32. The Balaban J connectivity index is 1.82. The van der Waals surface area contributed by atoms with Crippen LogP contribution in [0.1, 0.15) is 18.9 Å². The van der Waals surface area contributed by atoms with Gasteiger partial charge in [0.15, 0.2) is 0 Å². The lowest BCUT2D eigenvalue weighted by Crippen LogP contribution is -2.31. The Morgan fingerprint density at radius 2 is 2.06 bits per heavy atom. The minimum atomic E-state index is 0.486. The van der Waals surface area contributed by atoms with Gasteiger partial charge >= 0.3 is 0 Å². The van der Waals surface area contributed by atoms with Crippen molar-refractivity contribution in [3.63, 3.8) is 0 Å². The molecule has 3 nitrogen and oxygen atoms in total. The molecule has 1 aromatic carbocycles. The molecular formula is C14H16ClN3. The highest BCUT2D eigenvalue weighted by atomic mass is 35.5. The van der Waals surface area contributed by atoms with Crippen LogP contribution in [0.5, 0.6) is 0 Å². The maximum atomic E-state index is 5.90. The third-order valence-corrected chi connectivity index (χ3v) is 3.68. The molecule has 94 valence electrons. The second kappa shape index (κ2) is 5.12. The predicted molar refractivity (Wildman–Crippen MR) is 73.8 cm³/mol. The molecule has 0 amide bonds. The van der Waals surface area contributed by atoms with E-state index in [0.717, 1.165) is 29.2 Å². The van der Waals surface area contributed by atoms with Gasteiger partial charge in [0.05, 0.1) is 12.2 Å². The van der Waals surface area contributed by atoms with Crippen molar-refractivity contribution < 1.29 is 0 Å². The van der Waals surface area contributed by atoms with Gasteiger partial charge < -0.3 is 5.32 Å². The van der Waals surface area contributed by atoms with Gasteiger partial charge in [-0.2, -0.15) is 5.10 Å². The summed E-state index contributed by atoms with van der Waals surface area (Å²) in [5.74, 6) is 0. The van der Waals surface area contributed by atoms with Crippen LogP contribution in [-0.2, 0) is 0 Å². The van der Waals surface area contributed by atoms with Gasteiger partial charge in [-0.3, -0.25) is 4.68 Å². The van der Waals surface area contributed by atoms with E-state index in [4.69, 9.17) is 11.6 Å². The monoisotopic (exact) mass is 261 g/mol. The zero-order valence-corrected chi connectivity index (χ0v) is 10.9. The fraction of sp³-hybridized carbons (Fsp3) is 0.357. The van der Waals surface area contributed by atoms with Crippen molar-refractivity contribution in [3.8, 4) is 11.1 Å². The van der Waals surface area contributed by atoms with Gasteiger partial charge in [-0.25, -0.2) is 0 Å². The summed E-state index contributed by atoms with van der Waals surface area (Å²) in [6.07, 6.45) is 6.48. The minimum Gasteiger partial charge on any atom is -0.315 e. The topological polar surface area (TPSA) is 29.9 Å². The molecule has 3 rings (SSSR count). The number of halogens is 1. The lowest BCUT2D eigenvalue weighted by Gasteiger charge is -2.22. The van der Waals surface area contributed by atoms with Gasteiger partial charge in [-0.15, -0.1) is 0 Å². The maximum Gasteiger partial charge on any atom is 0.0644 e. The van der Waals surface area contributed by atoms with Crippen molar-refractivity contribution in [3.05, 3.63) is 41.7 Å². The average molecular weight is 262 g/mol. The molecule has 1 aliphatic heterocycles. The Morgan fingerprint density at radius 1 is 1.22 bits per heavy atom. The zero-order chi connectivity index (χ0) is 12.4. The Kier molecular flexibility index (Phi) is 3.35. The highest BCUT2D eigenvalue weighted by molar-refractivity contribution is 6.30. The first kappa shape index (κ1) is 11.8. The number of aromatic nitrogens is 2. The van der Waals surface area contributed by atoms with E-state index >= 15 is 0 Å². The van der Waals surface area contributed by atoms with Crippen molar-refractivity contribution in [2.45, 2.75) is 18.9 Å². The van der Waals surface area contributed by atoms with E-state index in [2.05, 4.69) is 21.3 Å². The van der Waals surface area contributed by atoms with E-state index in [1.165, 1.54) is 12.8 Å². The average Bonchev–Trinajstić information content (AvgIpc) is 2.90. The predicted octanol–water partition coefficient (Wildman–Crippen LogP) is 3.13. The number of rotatable bonds is 2. The van der Waals surface area contributed by atoms with E-state index in [9.17, 15) is 0 Å². The van der Waals surface area contributed by atoms with Gasteiger partial charge in [-0.05, 0) is 37.1 Å². The van der Waals surface area contributed by atoms with Crippen LogP contribution in [-0.4, -0.2) is 22.9 Å². The molecule has 1 unspecified atom stereocenters. The fourth-order valence-electron chi connectivity index (χ4n) is 2.39. The van der Waals surface area contributed by atoms with Crippen LogP contribution >= 0.6 is 11.6 Å². The second-order valence-corrected chi connectivity index (χ2v) is 5.15. The summed E-state index contributed by atoms with van der Waals surface area (Å²) < 4.78 is 2.08. The quantitative estimate of drug-likeness (QED) is 0.900. The number of hydrogen-bond acceptors (Lipinski definition) is 2. The zero-order valence-electron chi connectivity index (χ0n) is 10.1. The SMILES string of the molecule is Clc1ccc(-c2cnn(C3CCCNC3)c2)cc1. The molecule has 1 N–H and O–H groups in total. The molecule has 0 radical (unpaired) electrons. The normalized spacial score (nSPS) is 19.9. The highest BCUT2D eigenvalue weighted by Gasteiger charge is 2.15. The van der Waals surface area contributed by atoms with Crippen molar-refractivity contribution in [2.75, 3.05) is 13.1 Å². The smallest absolute Gasteiger partial charge is 0.0644 e. The molecule has 2 aromatic rings. The van der Waals surface area contributed by atoms with Crippen molar-refractivity contribution >= 4 is 11.6 Å². The van der Waals surface area contributed by atoms with Gasteiger partial charge in [0, 0.05) is 23.3 Å². The first-order chi connectivity index (χ1) is 8.83. The number of hydrogen-bond donors (Lipinski definition) is 1. The van der Waals surface area contributed by atoms with E-state index in [1.54, 1.807) is 0 Å². The summed E-state index contributed by atoms with van der Waals surface area (Å²) >= 11 is 5.90. The molecule has 1 saturated heterocycles. The molecule has 1 fully saturated rings. The van der Waals surface area contributed by atoms with Gasteiger partial charge in [0.1, 0.15) is 0 Å². The third kappa shape index (κ3) is 2.42. The summed E-state index contributed by atoms with van der Waals surface area (Å²) in [7, 11) is 0. The van der Waals surface area contributed by atoms with E-state index < -0.39 is 0 Å². The molecule has 1 atom stereocenters. The molecule has 2 heterocycles. The Morgan fingerprint density at radius 3 is 2.78 bits per heavy atom. The van der Waals surface area contributed by atoms with Crippen LogP contribution in [0.4, 0.5) is 0 Å². The summed E-state index contributed by atoms with van der Waals surface area (Å²) in [5.41, 5.74) is 2.31. The summed E-state index contributed by atoms with van der Waals surface area (Å²) in [6.45, 7) is 2.14. The lowest BCUT2D eigenvalue weighted by atomic mass is 10.1. The third-order valence-electron chi connectivity index (χ3n) is 3.42. The van der Waals surface area contributed by atoms with Crippen LogP contribution in [0, 0.1) is 0 Å². The number of benzene rings is 1. The number of nitrogens with zero attached hydrogens (tertiary/aromatic N) is 2. The van der Waals surface area contributed by atoms with Crippen molar-refractivity contribution in [2.24, 2.45) is 0 Å². The second-order valence-electron chi connectivity index (χ2n) is 4.72.